The highest BCUT2D eigenvalue weighted by Gasteiger charge is 2.18. The molecule has 6 rings (SSSR count). The predicted molar refractivity (Wildman–Crippen MR) is 188 cm³/mol. The molecule has 0 saturated carbocycles. The van der Waals surface area contributed by atoms with Gasteiger partial charge in [0.1, 0.15) is 17.3 Å². The van der Waals surface area contributed by atoms with Crippen LogP contribution in [0.1, 0.15) is 24.8 Å². The van der Waals surface area contributed by atoms with Crippen molar-refractivity contribution in [2.75, 3.05) is 23.9 Å². The molecule has 4 aromatic heterocycles. The zero-order valence-electron chi connectivity index (χ0n) is 26.0. The van der Waals surface area contributed by atoms with Crippen molar-refractivity contribution in [2.24, 2.45) is 7.05 Å². The van der Waals surface area contributed by atoms with Gasteiger partial charge in [0.05, 0.1) is 34.7 Å². The fourth-order valence-electron chi connectivity index (χ4n) is 5.14. The number of hydrogen-bond acceptors (Lipinski definition) is 11. The number of nitrogen functional groups attached to an aromatic ring is 1. The molecule has 0 bridgehead atoms. The molecule has 0 aliphatic heterocycles. The highest BCUT2D eigenvalue weighted by atomic mass is 79.9. The molecule has 4 heterocycles. The Hall–Kier alpha value is -4.73. The van der Waals surface area contributed by atoms with E-state index in [0.717, 1.165) is 48.6 Å². The number of benzene rings is 2. The molecule has 0 aliphatic carbocycles. The molecule has 0 atom stereocenters. The van der Waals surface area contributed by atoms with Crippen LogP contribution in [0, 0.1) is 0 Å². The van der Waals surface area contributed by atoms with Crippen LogP contribution in [0.25, 0.3) is 22.0 Å². The lowest BCUT2D eigenvalue weighted by molar-refractivity contribution is 0.309. The Morgan fingerprint density at radius 3 is 2.56 bits per heavy atom. The van der Waals surface area contributed by atoms with Crippen LogP contribution < -0.4 is 20.5 Å². The summed E-state index contributed by atoms with van der Waals surface area (Å²) in [5, 5.41) is 8.03. The Bertz CT molecular complexity index is 2190. The van der Waals surface area contributed by atoms with Crippen LogP contribution >= 0.6 is 27.5 Å². The number of anilines is 3. The third kappa shape index (κ3) is 7.86. The smallest absolute Gasteiger partial charge is 0.321 e. The Labute approximate surface area is 290 Å². The van der Waals surface area contributed by atoms with Gasteiger partial charge in [-0.2, -0.15) is 10.1 Å². The first-order valence-corrected chi connectivity index (χ1v) is 17.9. The van der Waals surface area contributed by atoms with Crippen LogP contribution in [-0.2, 0) is 23.5 Å². The van der Waals surface area contributed by atoms with Crippen molar-refractivity contribution in [3.05, 3.63) is 88.9 Å². The van der Waals surface area contributed by atoms with Crippen molar-refractivity contribution in [1.29, 1.82) is 0 Å². The molecule has 2 aromatic carbocycles. The number of unbranched alkanes of at least 4 members (excludes halogenated alkanes) is 2. The second-order valence-corrected chi connectivity index (χ2v) is 14.1. The molecule has 0 spiro atoms. The van der Waals surface area contributed by atoms with E-state index >= 15 is 0 Å². The molecule has 0 unspecified atom stereocenters. The minimum atomic E-state index is -3.61. The molecule has 6 aromatic rings. The molecule has 0 fully saturated rings. The largest absolute Gasteiger partial charge is 0.493 e. The number of nitrogens with two attached hydrogens (primary N) is 1. The van der Waals surface area contributed by atoms with E-state index in [9.17, 15) is 8.42 Å². The Balaban J connectivity index is 1.05. The number of aromatic nitrogens is 7. The van der Waals surface area contributed by atoms with Crippen molar-refractivity contribution in [3.8, 4) is 28.6 Å². The Morgan fingerprint density at radius 1 is 1.00 bits per heavy atom. The molecule has 0 radical (unpaired) electrons. The molecule has 16 heteroatoms. The van der Waals surface area contributed by atoms with Crippen molar-refractivity contribution in [1.82, 2.24) is 33.7 Å². The number of hydrogen-bond donors (Lipinski definition) is 2. The lowest BCUT2D eigenvalue weighted by Crippen LogP contribution is -2.10. The highest BCUT2D eigenvalue weighted by molar-refractivity contribution is 9.10. The third-order valence-electron chi connectivity index (χ3n) is 7.33. The first kappa shape index (κ1) is 33.2. The number of nitrogens with one attached hydrogen (secondary N) is 1. The Morgan fingerprint density at radius 2 is 1.81 bits per heavy atom. The van der Waals surface area contributed by atoms with Gasteiger partial charge in [0, 0.05) is 66.3 Å². The van der Waals surface area contributed by atoms with Gasteiger partial charge in [-0.3, -0.25) is 4.68 Å². The van der Waals surface area contributed by atoms with Crippen molar-refractivity contribution in [2.45, 2.75) is 25.7 Å². The first-order valence-electron chi connectivity index (χ1n) is 14.8. The van der Waals surface area contributed by atoms with Crippen LogP contribution in [0.5, 0.6) is 17.5 Å². The predicted octanol–water partition coefficient (Wildman–Crippen LogP) is 6.76. The van der Waals surface area contributed by atoms with E-state index in [1.165, 1.54) is 16.4 Å². The summed E-state index contributed by atoms with van der Waals surface area (Å²) < 4.78 is 40.7. The van der Waals surface area contributed by atoms with Crippen molar-refractivity contribution < 1.29 is 17.9 Å². The lowest BCUT2D eigenvalue weighted by atomic mass is 10.1. The molecule has 48 heavy (non-hydrogen) atoms. The Kier molecular flexibility index (Phi) is 9.80. The maximum absolute atomic E-state index is 12.6. The summed E-state index contributed by atoms with van der Waals surface area (Å²) in [4.78, 5) is 16.8. The summed E-state index contributed by atoms with van der Waals surface area (Å²) in [5.74, 6) is 1.54. The van der Waals surface area contributed by atoms with E-state index in [4.69, 9.17) is 26.8 Å². The maximum atomic E-state index is 12.6. The van der Waals surface area contributed by atoms with Crippen LogP contribution in [0.4, 0.5) is 17.2 Å². The number of aryl methyl sites for hydroxylation is 2. The first-order chi connectivity index (χ1) is 23.0. The molecule has 0 saturated heterocycles. The fourth-order valence-corrected chi connectivity index (χ4v) is 6.38. The van der Waals surface area contributed by atoms with E-state index < -0.39 is 10.0 Å². The van der Waals surface area contributed by atoms with Gasteiger partial charge in [-0.25, -0.2) is 27.3 Å². The van der Waals surface area contributed by atoms with E-state index in [2.05, 4.69) is 46.3 Å². The monoisotopic (exact) mass is 751 g/mol. The number of rotatable bonds is 13. The standard InChI is InChI=1S/C32H31BrClN9O4S/c1-42-19-22(17-39-42)21-15-37-32(38-16-21)47-24-13-20(12-23(35)14-24)6-4-3-5-11-46-28-8-7-27(40-30-26(33)18-36-31(34)41-30)29-25(28)9-10-43(29)48(2,44)45/h7-10,12-19H,3-6,11,35H2,1-2H3,(H,36,40,41). The zero-order valence-corrected chi connectivity index (χ0v) is 29.1. The van der Waals surface area contributed by atoms with Gasteiger partial charge in [-0.05, 0) is 89.1 Å². The lowest BCUT2D eigenvalue weighted by Gasteiger charge is -2.14. The summed E-state index contributed by atoms with van der Waals surface area (Å²) in [5.41, 5.74) is 10.5. The molecular formula is C32H31BrClN9O4S. The van der Waals surface area contributed by atoms with Crippen LogP contribution in [0.3, 0.4) is 0 Å². The second kappa shape index (κ2) is 14.2. The zero-order chi connectivity index (χ0) is 33.8. The van der Waals surface area contributed by atoms with Gasteiger partial charge in [0.2, 0.25) is 15.3 Å². The maximum Gasteiger partial charge on any atom is 0.321 e. The molecule has 3 N–H and O–H groups in total. The molecular weight excluding hydrogens is 722 g/mol. The summed E-state index contributed by atoms with van der Waals surface area (Å²) >= 11 is 9.38. The van der Waals surface area contributed by atoms with E-state index in [0.29, 0.717) is 50.7 Å². The van der Waals surface area contributed by atoms with E-state index in [1.807, 2.05) is 25.4 Å². The highest BCUT2D eigenvalue weighted by Crippen LogP contribution is 2.36. The van der Waals surface area contributed by atoms with Crippen LogP contribution in [0.2, 0.25) is 5.28 Å². The van der Waals surface area contributed by atoms with Gasteiger partial charge < -0.3 is 20.5 Å². The molecule has 13 nitrogen and oxygen atoms in total. The number of nitrogens with zero attached hydrogens (tertiary/aromatic N) is 7. The van der Waals surface area contributed by atoms with E-state index in [-0.39, 0.29) is 11.3 Å². The fraction of sp³-hybridized carbons (Fsp3) is 0.219. The van der Waals surface area contributed by atoms with Gasteiger partial charge in [0.25, 0.3) is 0 Å². The van der Waals surface area contributed by atoms with Gasteiger partial charge in [-0.15, -0.1) is 0 Å². The topological polar surface area (TPSA) is 165 Å². The SMILES string of the molecule is Cn1cc(-c2cnc(Oc3cc(N)cc(CCCCCOc4ccc(Nc5nc(Cl)ncc5Br)c5c4ccn5S(C)(=O)=O)c3)nc2)cn1. The van der Waals surface area contributed by atoms with Crippen molar-refractivity contribution >= 4 is 65.6 Å². The van der Waals surface area contributed by atoms with Crippen molar-refractivity contribution in [3.63, 3.8) is 0 Å². The van der Waals surface area contributed by atoms with Gasteiger partial charge in [0.15, 0.2) is 0 Å². The minimum Gasteiger partial charge on any atom is -0.493 e. The molecule has 248 valence electrons. The van der Waals surface area contributed by atoms with Gasteiger partial charge >= 0.3 is 6.01 Å². The number of fused-ring (bicyclic) bond motifs is 1. The second-order valence-electron chi connectivity index (χ2n) is 11.0. The normalized spacial score (nSPS) is 11.6. The number of ether oxygens (including phenoxy) is 2. The molecule has 0 amide bonds. The average Bonchev–Trinajstić information content (AvgIpc) is 3.69. The summed E-state index contributed by atoms with van der Waals surface area (Å²) in [6.07, 6.45) is 14.6. The molecule has 0 aliphatic rings. The minimum absolute atomic E-state index is 0.0535. The van der Waals surface area contributed by atoms with Crippen LogP contribution in [0.15, 0.2) is 78.1 Å². The van der Waals surface area contributed by atoms with Gasteiger partial charge in [-0.1, -0.05) is 0 Å². The average molecular weight is 753 g/mol. The van der Waals surface area contributed by atoms with Crippen LogP contribution in [-0.4, -0.2) is 55.0 Å². The number of halogens is 2. The summed E-state index contributed by atoms with van der Waals surface area (Å²) in [7, 11) is -1.75. The quantitative estimate of drug-likeness (QED) is 0.0728. The van der Waals surface area contributed by atoms with E-state index in [1.54, 1.807) is 47.5 Å². The third-order valence-corrected chi connectivity index (χ3v) is 9.11. The summed E-state index contributed by atoms with van der Waals surface area (Å²) in [6.45, 7) is 0.455. The summed E-state index contributed by atoms with van der Waals surface area (Å²) in [6, 6.07) is 11.1.